The molecule has 0 aliphatic heterocycles. The van der Waals surface area contributed by atoms with Gasteiger partial charge in [-0.3, -0.25) is 4.79 Å². The van der Waals surface area contributed by atoms with Crippen LogP contribution < -0.4 is 5.32 Å². The summed E-state index contributed by atoms with van der Waals surface area (Å²) in [6, 6.07) is 3.71. The first-order chi connectivity index (χ1) is 9.63. The Labute approximate surface area is 124 Å². The van der Waals surface area contributed by atoms with Crippen LogP contribution >= 0.6 is 23.1 Å². The Kier molecular flexibility index (Phi) is 5.42. The highest BCUT2D eigenvalue weighted by molar-refractivity contribution is 8.01. The fourth-order valence-electron chi connectivity index (χ4n) is 1.33. The summed E-state index contributed by atoms with van der Waals surface area (Å²) in [5.74, 6) is 0.825. The van der Waals surface area contributed by atoms with Crippen molar-refractivity contribution in [3.05, 3.63) is 24.2 Å². The zero-order chi connectivity index (χ0) is 14.4. The molecule has 20 heavy (non-hydrogen) atoms. The number of hydrogen-bond acceptors (Lipinski definition) is 8. The third-order valence-electron chi connectivity index (χ3n) is 2.08. The molecule has 0 atom stereocenters. The highest BCUT2D eigenvalue weighted by Gasteiger charge is 2.10. The molecule has 0 aliphatic carbocycles. The summed E-state index contributed by atoms with van der Waals surface area (Å²) in [5.41, 5.74) is 0. The molecule has 1 N–H and O–H groups in total. The van der Waals surface area contributed by atoms with E-state index < -0.39 is 0 Å². The van der Waals surface area contributed by atoms with Crippen molar-refractivity contribution in [1.29, 1.82) is 0 Å². The Morgan fingerprint density at radius 3 is 3.10 bits per heavy atom. The van der Waals surface area contributed by atoms with Crippen LogP contribution in [0.3, 0.4) is 0 Å². The van der Waals surface area contributed by atoms with Gasteiger partial charge in [-0.15, -0.1) is 10.2 Å². The number of carbonyl (C=O) groups is 1. The van der Waals surface area contributed by atoms with Crippen LogP contribution in [0.4, 0.5) is 5.13 Å². The van der Waals surface area contributed by atoms with Gasteiger partial charge in [-0.2, -0.15) is 0 Å². The van der Waals surface area contributed by atoms with Crippen molar-refractivity contribution in [3.63, 3.8) is 0 Å². The van der Waals surface area contributed by atoms with E-state index in [1.165, 1.54) is 23.1 Å². The number of anilines is 1. The monoisotopic (exact) mass is 313 g/mol. The molecule has 108 valence electrons. The summed E-state index contributed by atoms with van der Waals surface area (Å²) in [5, 5.41) is 11.8. The van der Waals surface area contributed by atoms with E-state index in [0.29, 0.717) is 11.7 Å². The lowest BCUT2D eigenvalue weighted by Crippen LogP contribution is -2.13. The average molecular weight is 313 g/mol. The number of furan rings is 1. The predicted molar refractivity (Wildman–Crippen MR) is 77.9 cm³/mol. The largest absolute Gasteiger partial charge is 0.467 e. The van der Waals surface area contributed by atoms with Crippen molar-refractivity contribution < 1.29 is 13.9 Å². The molecule has 0 saturated carbocycles. The highest BCUT2D eigenvalue weighted by atomic mass is 32.2. The van der Waals surface area contributed by atoms with Crippen LogP contribution in [0.25, 0.3) is 0 Å². The fourth-order valence-corrected chi connectivity index (χ4v) is 2.86. The van der Waals surface area contributed by atoms with E-state index in [0.717, 1.165) is 10.1 Å². The number of aromatic nitrogens is 2. The Morgan fingerprint density at radius 1 is 1.55 bits per heavy atom. The van der Waals surface area contributed by atoms with Gasteiger partial charge in [0.05, 0.1) is 24.7 Å². The molecule has 0 bridgehead atoms. The lowest BCUT2D eigenvalue weighted by molar-refractivity contribution is -0.144. The van der Waals surface area contributed by atoms with E-state index in [4.69, 9.17) is 9.15 Å². The van der Waals surface area contributed by atoms with Crippen LogP contribution in [0.2, 0.25) is 0 Å². The molecule has 6 nitrogen and oxygen atoms in total. The summed E-state index contributed by atoms with van der Waals surface area (Å²) in [7, 11) is 0. The van der Waals surface area contributed by atoms with E-state index >= 15 is 0 Å². The Morgan fingerprint density at radius 2 is 2.40 bits per heavy atom. The second-order valence-corrected chi connectivity index (χ2v) is 6.33. The molecule has 0 amide bonds. The fraction of sp³-hybridized carbons (Fsp3) is 0.417. The van der Waals surface area contributed by atoms with Crippen LogP contribution in [0, 0.1) is 0 Å². The summed E-state index contributed by atoms with van der Waals surface area (Å²) < 4.78 is 11.0. The van der Waals surface area contributed by atoms with Gasteiger partial charge in [-0.25, -0.2) is 0 Å². The molecule has 0 fully saturated rings. The van der Waals surface area contributed by atoms with Gasteiger partial charge in [0.15, 0.2) is 4.34 Å². The van der Waals surface area contributed by atoms with Crippen molar-refractivity contribution in [2.24, 2.45) is 0 Å². The van der Waals surface area contributed by atoms with Crippen molar-refractivity contribution in [1.82, 2.24) is 10.2 Å². The van der Waals surface area contributed by atoms with E-state index in [9.17, 15) is 4.79 Å². The normalized spacial score (nSPS) is 10.8. The van der Waals surface area contributed by atoms with Gasteiger partial charge in [0.2, 0.25) is 5.13 Å². The zero-order valence-electron chi connectivity index (χ0n) is 11.2. The highest BCUT2D eigenvalue weighted by Crippen LogP contribution is 2.25. The predicted octanol–water partition coefficient (Wildman–Crippen LogP) is 2.79. The molecule has 0 aliphatic rings. The lowest BCUT2D eigenvalue weighted by Gasteiger charge is -2.05. The Bertz CT molecular complexity index is 540. The summed E-state index contributed by atoms with van der Waals surface area (Å²) in [6.07, 6.45) is 1.53. The molecule has 0 spiro atoms. The maximum absolute atomic E-state index is 11.4. The minimum atomic E-state index is -0.245. The SMILES string of the molecule is CC(C)OC(=O)CSc1nnc(NCc2ccco2)s1. The molecule has 0 aromatic carbocycles. The Hall–Kier alpha value is -1.54. The van der Waals surface area contributed by atoms with Crippen LogP contribution in [0.1, 0.15) is 19.6 Å². The van der Waals surface area contributed by atoms with Gasteiger partial charge in [0.25, 0.3) is 0 Å². The lowest BCUT2D eigenvalue weighted by atomic mass is 10.4. The molecule has 2 aromatic heterocycles. The molecular weight excluding hydrogens is 298 g/mol. The number of hydrogen-bond donors (Lipinski definition) is 1. The Balaban J connectivity index is 1.76. The molecule has 8 heteroatoms. The standard InChI is InChI=1S/C12H15N3O3S2/c1-8(2)18-10(16)7-19-12-15-14-11(20-12)13-6-9-4-3-5-17-9/h3-5,8H,6-7H2,1-2H3,(H,13,14). The number of rotatable bonds is 7. The van der Waals surface area contributed by atoms with Crippen molar-refractivity contribution >= 4 is 34.2 Å². The van der Waals surface area contributed by atoms with E-state index in [-0.39, 0.29) is 17.8 Å². The zero-order valence-corrected chi connectivity index (χ0v) is 12.8. The van der Waals surface area contributed by atoms with Crippen molar-refractivity contribution in [2.75, 3.05) is 11.1 Å². The van der Waals surface area contributed by atoms with Gasteiger partial charge in [0.1, 0.15) is 5.76 Å². The molecule has 0 radical (unpaired) electrons. The topological polar surface area (TPSA) is 77.2 Å². The van der Waals surface area contributed by atoms with Gasteiger partial charge >= 0.3 is 5.97 Å². The third kappa shape index (κ3) is 4.86. The van der Waals surface area contributed by atoms with Crippen molar-refractivity contribution in [2.45, 2.75) is 30.8 Å². The molecule has 0 saturated heterocycles. The number of esters is 1. The first kappa shape index (κ1) is 14.9. The molecule has 0 unspecified atom stereocenters. The summed E-state index contributed by atoms with van der Waals surface area (Å²) in [6.45, 7) is 4.20. The smallest absolute Gasteiger partial charge is 0.316 e. The minimum absolute atomic E-state index is 0.0944. The quantitative estimate of drug-likeness (QED) is 0.622. The van der Waals surface area contributed by atoms with Gasteiger partial charge in [0, 0.05) is 0 Å². The van der Waals surface area contributed by atoms with Crippen LogP contribution in [-0.2, 0) is 16.1 Å². The van der Waals surface area contributed by atoms with Crippen LogP contribution in [-0.4, -0.2) is 28.0 Å². The number of ether oxygens (including phenoxy) is 1. The maximum Gasteiger partial charge on any atom is 0.316 e. The average Bonchev–Trinajstić information content (AvgIpc) is 3.05. The molecule has 2 aromatic rings. The van der Waals surface area contributed by atoms with Crippen LogP contribution in [0.5, 0.6) is 0 Å². The number of carbonyl (C=O) groups excluding carboxylic acids is 1. The van der Waals surface area contributed by atoms with E-state index in [1.807, 2.05) is 26.0 Å². The first-order valence-corrected chi connectivity index (χ1v) is 7.85. The van der Waals surface area contributed by atoms with Gasteiger partial charge in [-0.05, 0) is 26.0 Å². The first-order valence-electron chi connectivity index (χ1n) is 6.05. The van der Waals surface area contributed by atoms with Gasteiger partial charge in [-0.1, -0.05) is 23.1 Å². The maximum atomic E-state index is 11.4. The molecule has 2 heterocycles. The van der Waals surface area contributed by atoms with Gasteiger partial charge < -0.3 is 14.5 Å². The number of nitrogens with zero attached hydrogens (tertiary/aromatic N) is 2. The number of nitrogens with one attached hydrogen (secondary N) is 1. The number of thioether (sulfide) groups is 1. The molecular formula is C12H15N3O3S2. The minimum Gasteiger partial charge on any atom is -0.467 e. The van der Waals surface area contributed by atoms with Crippen molar-refractivity contribution in [3.8, 4) is 0 Å². The van der Waals surface area contributed by atoms with E-state index in [1.54, 1.807) is 6.26 Å². The second-order valence-electron chi connectivity index (χ2n) is 4.13. The summed E-state index contributed by atoms with van der Waals surface area (Å²) >= 11 is 2.72. The van der Waals surface area contributed by atoms with Crippen LogP contribution in [0.15, 0.2) is 27.2 Å². The second kappa shape index (κ2) is 7.30. The van der Waals surface area contributed by atoms with E-state index in [2.05, 4.69) is 15.5 Å². The third-order valence-corrected chi connectivity index (χ3v) is 4.07. The molecule has 2 rings (SSSR count). The summed E-state index contributed by atoms with van der Waals surface area (Å²) in [4.78, 5) is 11.4.